The van der Waals surface area contributed by atoms with Crippen LogP contribution in [0.3, 0.4) is 0 Å². The summed E-state index contributed by atoms with van der Waals surface area (Å²) in [5.74, 6) is 1.43. The quantitative estimate of drug-likeness (QED) is 0.731. The van der Waals surface area contributed by atoms with E-state index in [4.69, 9.17) is 0 Å². The van der Waals surface area contributed by atoms with Gasteiger partial charge in [-0.15, -0.1) is 0 Å². The summed E-state index contributed by atoms with van der Waals surface area (Å²) in [5, 5.41) is 7.85. The van der Waals surface area contributed by atoms with Gasteiger partial charge >= 0.3 is 0 Å². The molecule has 1 aromatic heterocycles. The smallest absolute Gasteiger partial charge is 0.0628 e. The van der Waals surface area contributed by atoms with Gasteiger partial charge in [0.15, 0.2) is 0 Å². The van der Waals surface area contributed by atoms with Crippen molar-refractivity contribution in [2.45, 2.75) is 26.2 Å². The average molecular weight is 193 g/mol. The summed E-state index contributed by atoms with van der Waals surface area (Å²) in [6.07, 6.45) is 3.43. The lowest BCUT2D eigenvalue weighted by molar-refractivity contribution is 0.348. The highest BCUT2D eigenvalue weighted by molar-refractivity contribution is 5.22. The highest BCUT2D eigenvalue weighted by atomic mass is 15.2. The van der Waals surface area contributed by atoms with E-state index in [0.29, 0.717) is 5.92 Å². The standard InChI is InChI=1S/C11H19N3/c1-8-6-12-5-4-10(8)11-7-14(3)13-9(11)2/h7-8,10,12H,4-6H2,1-3H3. The molecule has 0 bridgehead atoms. The molecule has 2 heterocycles. The normalized spacial score (nSPS) is 27.9. The van der Waals surface area contributed by atoms with E-state index in [0.717, 1.165) is 19.0 Å². The van der Waals surface area contributed by atoms with Crippen LogP contribution in [0.1, 0.15) is 30.5 Å². The zero-order chi connectivity index (χ0) is 10.1. The van der Waals surface area contributed by atoms with E-state index in [1.54, 1.807) is 0 Å². The molecule has 2 rings (SSSR count). The van der Waals surface area contributed by atoms with E-state index in [1.165, 1.54) is 17.7 Å². The highest BCUT2D eigenvalue weighted by Gasteiger charge is 2.25. The van der Waals surface area contributed by atoms with Crippen LogP contribution in [0.25, 0.3) is 0 Å². The fourth-order valence-electron chi connectivity index (χ4n) is 2.46. The molecule has 3 nitrogen and oxygen atoms in total. The van der Waals surface area contributed by atoms with Crippen molar-refractivity contribution in [2.75, 3.05) is 13.1 Å². The molecule has 0 amide bonds. The van der Waals surface area contributed by atoms with Gasteiger partial charge in [0.2, 0.25) is 0 Å². The zero-order valence-corrected chi connectivity index (χ0v) is 9.25. The van der Waals surface area contributed by atoms with Crippen LogP contribution < -0.4 is 5.32 Å². The van der Waals surface area contributed by atoms with Gasteiger partial charge in [0.25, 0.3) is 0 Å². The number of aromatic nitrogens is 2. The SMILES string of the molecule is Cc1nn(C)cc1C1CCNCC1C. The maximum Gasteiger partial charge on any atom is 0.0628 e. The van der Waals surface area contributed by atoms with Crippen molar-refractivity contribution in [1.82, 2.24) is 15.1 Å². The second-order valence-electron chi connectivity index (χ2n) is 4.42. The van der Waals surface area contributed by atoms with Crippen molar-refractivity contribution >= 4 is 0 Å². The molecular formula is C11H19N3. The lowest BCUT2D eigenvalue weighted by Crippen LogP contribution is -2.33. The summed E-state index contributed by atoms with van der Waals surface area (Å²) in [4.78, 5) is 0. The first kappa shape index (κ1) is 9.71. The minimum atomic E-state index is 0.699. The van der Waals surface area contributed by atoms with Gasteiger partial charge in [-0.2, -0.15) is 5.10 Å². The van der Waals surface area contributed by atoms with Crippen molar-refractivity contribution in [1.29, 1.82) is 0 Å². The van der Waals surface area contributed by atoms with E-state index in [-0.39, 0.29) is 0 Å². The number of aryl methyl sites for hydroxylation is 2. The molecule has 1 aliphatic rings. The zero-order valence-electron chi connectivity index (χ0n) is 9.25. The fraction of sp³-hybridized carbons (Fsp3) is 0.727. The first-order valence-corrected chi connectivity index (χ1v) is 5.39. The average Bonchev–Trinajstić information content (AvgIpc) is 2.46. The Balaban J connectivity index is 2.24. The second kappa shape index (κ2) is 3.73. The maximum atomic E-state index is 4.42. The molecule has 3 heteroatoms. The third-order valence-electron chi connectivity index (χ3n) is 3.24. The summed E-state index contributed by atoms with van der Waals surface area (Å²) in [6, 6.07) is 0. The lowest BCUT2D eigenvalue weighted by atomic mass is 9.83. The third kappa shape index (κ3) is 1.69. The molecule has 1 fully saturated rings. The minimum absolute atomic E-state index is 0.699. The first-order valence-electron chi connectivity index (χ1n) is 5.39. The molecule has 0 aromatic carbocycles. The van der Waals surface area contributed by atoms with Crippen molar-refractivity contribution in [2.24, 2.45) is 13.0 Å². The van der Waals surface area contributed by atoms with Crippen molar-refractivity contribution in [3.8, 4) is 0 Å². The van der Waals surface area contributed by atoms with Crippen LogP contribution in [0.2, 0.25) is 0 Å². The Morgan fingerprint density at radius 1 is 1.57 bits per heavy atom. The Bertz CT molecular complexity index is 316. The predicted molar refractivity (Wildman–Crippen MR) is 57.3 cm³/mol. The Labute approximate surface area is 85.5 Å². The second-order valence-corrected chi connectivity index (χ2v) is 4.42. The number of rotatable bonds is 1. The van der Waals surface area contributed by atoms with Crippen molar-refractivity contribution in [3.05, 3.63) is 17.5 Å². The van der Waals surface area contributed by atoms with Gasteiger partial charge in [-0.1, -0.05) is 6.92 Å². The Kier molecular flexibility index (Phi) is 2.59. The Morgan fingerprint density at radius 3 is 2.93 bits per heavy atom. The molecule has 78 valence electrons. The van der Waals surface area contributed by atoms with Crippen LogP contribution >= 0.6 is 0 Å². The van der Waals surface area contributed by atoms with Gasteiger partial charge in [-0.3, -0.25) is 4.68 Å². The number of nitrogens with zero attached hydrogens (tertiary/aromatic N) is 2. The molecule has 1 saturated heterocycles. The van der Waals surface area contributed by atoms with Crippen molar-refractivity contribution < 1.29 is 0 Å². The molecule has 0 spiro atoms. The van der Waals surface area contributed by atoms with E-state index in [1.807, 2.05) is 11.7 Å². The molecule has 0 radical (unpaired) electrons. The number of hydrogen-bond acceptors (Lipinski definition) is 2. The van der Waals surface area contributed by atoms with Gasteiger partial charge in [-0.05, 0) is 43.8 Å². The van der Waals surface area contributed by atoms with Crippen LogP contribution in [-0.2, 0) is 7.05 Å². The van der Waals surface area contributed by atoms with Gasteiger partial charge in [0.1, 0.15) is 0 Å². The molecule has 14 heavy (non-hydrogen) atoms. The molecule has 1 aromatic rings. The molecule has 1 N–H and O–H groups in total. The first-order chi connectivity index (χ1) is 6.68. The molecular weight excluding hydrogens is 174 g/mol. The minimum Gasteiger partial charge on any atom is -0.316 e. The third-order valence-corrected chi connectivity index (χ3v) is 3.24. The van der Waals surface area contributed by atoms with E-state index in [9.17, 15) is 0 Å². The Morgan fingerprint density at radius 2 is 2.36 bits per heavy atom. The van der Waals surface area contributed by atoms with Gasteiger partial charge in [0, 0.05) is 13.2 Å². The largest absolute Gasteiger partial charge is 0.316 e. The molecule has 1 aliphatic heterocycles. The molecule has 2 unspecified atom stereocenters. The summed E-state index contributed by atoms with van der Waals surface area (Å²) in [5.41, 5.74) is 2.65. The lowest BCUT2D eigenvalue weighted by Gasteiger charge is -2.29. The van der Waals surface area contributed by atoms with Crippen LogP contribution in [-0.4, -0.2) is 22.9 Å². The van der Waals surface area contributed by atoms with Gasteiger partial charge in [-0.25, -0.2) is 0 Å². The summed E-state index contributed by atoms with van der Waals surface area (Å²) in [6.45, 7) is 6.72. The summed E-state index contributed by atoms with van der Waals surface area (Å²) in [7, 11) is 2.00. The molecule has 0 saturated carbocycles. The predicted octanol–water partition coefficient (Wildman–Crippen LogP) is 1.44. The van der Waals surface area contributed by atoms with Gasteiger partial charge < -0.3 is 5.32 Å². The molecule has 2 atom stereocenters. The van der Waals surface area contributed by atoms with E-state index >= 15 is 0 Å². The Hall–Kier alpha value is -0.830. The van der Waals surface area contributed by atoms with Crippen LogP contribution in [0.5, 0.6) is 0 Å². The van der Waals surface area contributed by atoms with Crippen molar-refractivity contribution in [3.63, 3.8) is 0 Å². The molecule has 0 aliphatic carbocycles. The summed E-state index contributed by atoms with van der Waals surface area (Å²) >= 11 is 0. The fourth-order valence-corrected chi connectivity index (χ4v) is 2.46. The topological polar surface area (TPSA) is 29.9 Å². The van der Waals surface area contributed by atoms with Gasteiger partial charge in [0.05, 0.1) is 5.69 Å². The maximum absolute atomic E-state index is 4.42. The van der Waals surface area contributed by atoms with Crippen LogP contribution in [0.15, 0.2) is 6.20 Å². The van der Waals surface area contributed by atoms with E-state index in [2.05, 4.69) is 30.5 Å². The monoisotopic (exact) mass is 193 g/mol. The number of hydrogen-bond donors (Lipinski definition) is 1. The summed E-state index contributed by atoms with van der Waals surface area (Å²) < 4.78 is 1.93. The number of nitrogens with one attached hydrogen (secondary N) is 1. The van der Waals surface area contributed by atoms with E-state index < -0.39 is 0 Å². The number of piperidine rings is 1. The highest BCUT2D eigenvalue weighted by Crippen LogP contribution is 2.31. The van der Waals surface area contributed by atoms with Crippen LogP contribution in [0, 0.1) is 12.8 Å². The van der Waals surface area contributed by atoms with Crippen LogP contribution in [0.4, 0.5) is 0 Å².